The summed E-state index contributed by atoms with van der Waals surface area (Å²) in [5.41, 5.74) is 10.9. The van der Waals surface area contributed by atoms with E-state index in [0.29, 0.717) is 24.9 Å². The van der Waals surface area contributed by atoms with Gasteiger partial charge in [0.25, 0.3) is 0 Å². The number of benzene rings is 1. The summed E-state index contributed by atoms with van der Waals surface area (Å²) < 4.78 is 0. The topological polar surface area (TPSA) is 499 Å². The summed E-state index contributed by atoms with van der Waals surface area (Å²) in [6.07, 6.45) is -5.76. The lowest BCUT2D eigenvalue weighted by Gasteiger charge is -2.29. The van der Waals surface area contributed by atoms with Crippen molar-refractivity contribution in [2.24, 2.45) is 17.4 Å². The third-order valence-corrected chi connectivity index (χ3v) is 12.5. The Hall–Kier alpha value is -7.54. The normalized spacial score (nSPS) is 18.1. The molecule has 0 bridgehead atoms. The lowest BCUT2D eigenvalue weighted by molar-refractivity contribution is -0.146. The lowest BCUT2D eigenvalue weighted by Crippen LogP contribution is -2.62. The van der Waals surface area contributed by atoms with Crippen LogP contribution < -0.4 is 64.6 Å². The van der Waals surface area contributed by atoms with Crippen molar-refractivity contribution in [3.8, 4) is 5.75 Å². The summed E-state index contributed by atoms with van der Waals surface area (Å²) in [6, 6.07) is -10.4. The Kier molecular flexibility index (Phi) is 27.5. The molecule has 11 amide bonds. The first kappa shape index (κ1) is 66.6. The highest BCUT2D eigenvalue weighted by atomic mass is 16.4. The van der Waals surface area contributed by atoms with E-state index in [0.717, 1.165) is 20.3 Å². The molecule has 20 N–H and O–H groups in total. The molecular formula is C48H76N12O18. The quantitative estimate of drug-likeness (QED) is 0.0311. The molecule has 0 radical (unpaired) electrons. The number of carbonyl (C=O) groups excluding carboxylic acids is 11. The number of aliphatic hydroxyl groups excluding tert-OH is 4. The van der Waals surface area contributed by atoms with E-state index in [1.54, 1.807) is 13.8 Å². The number of aromatic hydroxyl groups is 1. The molecule has 1 aliphatic heterocycles. The number of aliphatic carboxylic acids is 1. The fraction of sp³-hybridized carbons (Fsp3) is 0.625. The molecular weight excluding hydrogens is 1030 g/mol. The van der Waals surface area contributed by atoms with Crippen molar-refractivity contribution in [1.82, 2.24) is 53.2 Å². The van der Waals surface area contributed by atoms with Crippen molar-refractivity contribution in [2.75, 3.05) is 13.2 Å². The third-order valence-electron chi connectivity index (χ3n) is 12.5. The average Bonchev–Trinajstić information content (AvgIpc) is 3.92. The van der Waals surface area contributed by atoms with E-state index in [1.807, 2.05) is 5.32 Å². The number of nitrogens with two attached hydrogens (primary N) is 2. The van der Waals surface area contributed by atoms with Crippen LogP contribution in [0.4, 0.5) is 0 Å². The predicted molar refractivity (Wildman–Crippen MR) is 272 cm³/mol. The van der Waals surface area contributed by atoms with Crippen molar-refractivity contribution in [3.63, 3.8) is 0 Å². The second-order valence-corrected chi connectivity index (χ2v) is 19.1. The van der Waals surface area contributed by atoms with Gasteiger partial charge in [-0.2, -0.15) is 0 Å². The Morgan fingerprint density at radius 1 is 0.564 bits per heavy atom. The van der Waals surface area contributed by atoms with E-state index in [2.05, 4.69) is 47.9 Å². The van der Waals surface area contributed by atoms with Crippen LogP contribution in [0.25, 0.3) is 0 Å². The maximum absolute atomic E-state index is 14.0. The smallest absolute Gasteiger partial charge is 0.328 e. The molecule has 2 rings (SSSR count). The summed E-state index contributed by atoms with van der Waals surface area (Å²) in [4.78, 5) is 157. The number of primary amides is 2. The van der Waals surface area contributed by atoms with Crippen LogP contribution in [0.1, 0.15) is 92.1 Å². The average molecular weight is 1110 g/mol. The van der Waals surface area contributed by atoms with E-state index in [4.69, 9.17) is 11.5 Å². The SMILES string of the molecule is CC[C@H](C)[C@H](NC(=O)[C@@H]1CCCN1)C(=O)N[C@H](C(=O)N[C@@H](C)C(=O)N[C@@H](Cc1ccc(O)cc1)C(=O)N[C@@H](CO)C(=O)N[C@@H](CCC(N)=O)C(=O)N[C@@H](CCC(N)=O)C(=O)N[C@H](C(=O)N[C@H](C(=O)O)[C@@H](C)O)[C@@H](C)O)[C@@H](C)O. The summed E-state index contributed by atoms with van der Waals surface area (Å²) in [6.45, 7) is 7.46. The number of hydrogen-bond donors (Lipinski definition) is 18. The van der Waals surface area contributed by atoms with E-state index >= 15 is 0 Å². The first-order valence-corrected chi connectivity index (χ1v) is 25.2. The number of carbonyl (C=O) groups is 12. The number of amides is 11. The van der Waals surface area contributed by atoms with Gasteiger partial charge in [-0.25, -0.2) is 4.79 Å². The summed E-state index contributed by atoms with van der Waals surface area (Å²) >= 11 is 0. The molecule has 1 fully saturated rings. The van der Waals surface area contributed by atoms with Gasteiger partial charge in [-0.3, -0.25) is 52.7 Å². The second-order valence-electron chi connectivity index (χ2n) is 19.1. The van der Waals surface area contributed by atoms with Gasteiger partial charge >= 0.3 is 5.97 Å². The van der Waals surface area contributed by atoms with Gasteiger partial charge < -0.3 is 95.3 Å². The van der Waals surface area contributed by atoms with Gasteiger partial charge in [-0.15, -0.1) is 0 Å². The first-order chi connectivity index (χ1) is 36.5. The predicted octanol–water partition coefficient (Wildman–Crippen LogP) is -7.13. The minimum atomic E-state index is -1.93. The molecule has 1 aromatic carbocycles. The molecule has 0 unspecified atom stereocenters. The first-order valence-electron chi connectivity index (χ1n) is 25.2. The molecule has 436 valence electrons. The maximum atomic E-state index is 14.0. The molecule has 30 heteroatoms. The largest absolute Gasteiger partial charge is 0.508 e. The van der Waals surface area contributed by atoms with Gasteiger partial charge in [0.05, 0.1) is 31.0 Å². The van der Waals surface area contributed by atoms with Crippen molar-refractivity contribution < 1.29 is 88.2 Å². The van der Waals surface area contributed by atoms with Crippen molar-refractivity contribution in [1.29, 1.82) is 0 Å². The molecule has 0 aromatic heterocycles. The standard InChI is InChI=1S/C48H76N12O18/c1-7-21(2)35(57-40(69)28-9-8-18-51-28)45(74)59-36(23(4)62)46(75)52-22(3)39(68)55-31(19-26-10-12-27(65)13-11-26)43(72)56-32(20-61)44(73)54-29(14-16-33(49)66)41(70)53-30(15-17-34(50)67)42(71)58-37(24(5)63)47(76)60-38(25(6)64)48(77)78/h10-13,21-25,28-32,35-38,51,61-65H,7-9,14-20H2,1-6H3,(H2,49,66)(H2,50,67)(H,52,75)(H,53,70)(H,54,73)(H,55,68)(H,56,72)(H,57,69)(H,58,71)(H,59,74)(H,60,76)(H,77,78)/t21-,22-,23+,24+,25+,28-,29-,30-,31-,32-,35-,36-,37-,38-/m0/s1. The van der Waals surface area contributed by atoms with Gasteiger partial charge in [0.1, 0.15) is 54.1 Å². The van der Waals surface area contributed by atoms with E-state index in [-0.39, 0.29) is 12.2 Å². The number of nitrogens with one attached hydrogen (secondary N) is 10. The molecule has 1 aromatic rings. The number of carboxylic acid groups (broad SMARTS) is 1. The van der Waals surface area contributed by atoms with Crippen LogP contribution in [0.5, 0.6) is 5.75 Å². The minimum absolute atomic E-state index is 0.161. The van der Waals surface area contributed by atoms with Crippen LogP contribution >= 0.6 is 0 Å². The monoisotopic (exact) mass is 1110 g/mol. The maximum Gasteiger partial charge on any atom is 0.328 e. The van der Waals surface area contributed by atoms with Crippen molar-refractivity contribution in [2.45, 2.75) is 172 Å². The van der Waals surface area contributed by atoms with Crippen LogP contribution in [-0.4, -0.2) is 193 Å². The van der Waals surface area contributed by atoms with E-state index in [1.165, 1.54) is 38.1 Å². The molecule has 0 spiro atoms. The highest BCUT2D eigenvalue weighted by molar-refractivity contribution is 5.99. The summed E-state index contributed by atoms with van der Waals surface area (Å²) in [5, 5.41) is 84.2. The number of carboxylic acids is 1. The molecule has 0 saturated carbocycles. The van der Waals surface area contributed by atoms with E-state index < -0.39 is 188 Å². The third kappa shape index (κ3) is 21.8. The van der Waals surface area contributed by atoms with Crippen LogP contribution in [-0.2, 0) is 64.0 Å². The zero-order valence-electron chi connectivity index (χ0n) is 44.2. The molecule has 1 heterocycles. The van der Waals surface area contributed by atoms with Crippen LogP contribution in [0, 0.1) is 5.92 Å². The van der Waals surface area contributed by atoms with Gasteiger partial charge in [-0.1, -0.05) is 32.4 Å². The minimum Gasteiger partial charge on any atom is -0.508 e. The number of phenols is 1. The van der Waals surface area contributed by atoms with E-state index in [9.17, 15) is 88.2 Å². The molecule has 14 atom stereocenters. The molecule has 1 saturated heterocycles. The van der Waals surface area contributed by atoms with Crippen molar-refractivity contribution >= 4 is 70.9 Å². The number of rotatable bonds is 33. The summed E-state index contributed by atoms with van der Waals surface area (Å²) in [5.74, 6) is -13.6. The lowest BCUT2D eigenvalue weighted by atomic mass is 9.97. The highest BCUT2D eigenvalue weighted by Gasteiger charge is 2.38. The molecule has 0 aliphatic carbocycles. The number of hydrogen-bond acceptors (Lipinski definition) is 18. The van der Waals surface area contributed by atoms with Gasteiger partial charge in [0.2, 0.25) is 65.0 Å². The molecule has 78 heavy (non-hydrogen) atoms. The zero-order valence-corrected chi connectivity index (χ0v) is 44.2. The van der Waals surface area contributed by atoms with Crippen LogP contribution in [0.2, 0.25) is 0 Å². The Morgan fingerprint density at radius 3 is 1.44 bits per heavy atom. The fourth-order valence-electron chi connectivity index (χ4n) is 7.67. The Balaban J connectivity index is 2.36. The van der Waals surface area contributed by atoms with Gasteiger partial charge in [0, 0.05) is 19.3 Å². The Morgan fingerprint density at radius 2 is 0.987 bits per heavy atom. The van der Waals surface area contributed by atoms with Gasteiger partial charge in [0.15, 0.2) is 6.04 Å². The van der Waals surface area contributed by atoms with Gasteiger partial charge in [-0.05, 0) is 83.5 Å². The van der Waals surface area contributed by atoms with Crippen LogP contribution in [0.3, 0.4) is 0 Å². The zero-order chi connectivity index (χ0) is 59.1. The van der Waals surface area contributed by atoms with Crippen molar-refractivity contribution in [3.05, 3.63) is 29.8 Å². The Bertz CT molecular complexity index is 2280. The highest BCUT2D eigenvalue weighted by Crippen LogP contribution is 2.14. The summed E-state index contributed by atoms with van der Waals surface area (Å²) in [7, 11) is 0. The van der Waals surface area contributed by atoms with Crippen LogP contribution in [0.15, 0.2) is 24.3 Å². The molecule has 30 nitrogen and oxygen atoms in total. The fourth-order valence-corrected chi connectivity index (χ4v) is 7.67. The number of aliphatic hydroxyl groups is 4. The molecule has 1 aliphatic rings. The Labute approximate surface area is 449 Å². The number of phenolic OH excluding ortho intramolecular Hbond substituents is 1. The second kappa shape index (κ2) is 32.3.